The van der Waals surface area contributed by atoms with E-state index in [9.17, 15) is 13.2 Å². The fraction of sp³-hybridized carbons (Fsp3) is 0.909. The summed E-state index contributed by atoms with van der Waals surface area (Å²) < 4.78 is 28.3. The van der Waals surface area contributed by atoms with Crippen LogP contribution in [0.5, 0.6) is 0 Å². The van der Waals surface area contributed by atoms with E-state index >= 15 is 0 Å². The van der Waals surface area contributed by atoms with Crippen molar-refractivity contribution >= 4 is 16.2 Å². The maximum atomic E-state index is 12.2. The molecule has 0 amide bonds. The number of carbonyl (C=O) groups is 1. The number of hydrogen-bond donors (Lipinski definition) is 2. The second-order valence-corrected chi connectivity index (χ2v) is 7.14. The summed E-state index contributed by atoms with van der Waals surface area (Å²) >= 11 is 0. The van der Waals surface area contributed by atoms with Gasteiger partial charge in [0.05, 0.1) is 6.42 Å². The van der Waals surface area contributed by atoms with E-state index in [1.807, 2.05) is 6.92 Å². The van der Waals surface area contributed by atoms with E-state index in [0.717, 1.165) is 19.3 Å². The number of carboxylic acids is 1. The minimum atomic E-state index is -3.62. The van der Waals surface area contributed by atoms with Gasteiger partial charge in [0.1, 0.15) is 0 Å². The first-order valence-electron chi connectivity index (χ1n) is 6.16. The number of nitrogens with one attached hydrogen (secondary N) is 1. The molecule has 0 aliphatic carbocycles. The van der Waals surface area contributed by atoms with Crippen LogP contribution in [0.25, 0.3) is 0 Å². The highest BCUT2D eigenvalue weighted by molar-refractivity contribution is 7.87. The lowest BCUT2D eigenvalue weighted by Gasteiger charge is -2.35. The van der Waals surface area contributed by atoms with E-state index in [2.05, 4.69) is 4.72 Å². The van der Waals surface area contributed by atoms with Crippen molar-refractivity contribution in [3.05, 3.63) is 0 Å². The third kappa shape index (κ3) is 4.22. The van der Waals surface area contributed by atoms with Crippen molar-refractivity contribution in [1.29, 1.82) is 0 Å². The topological polar surface area (TPSA) is 86.7 Å². The Labute approximate surface area is 109 Å². The lowest BCUT2D eigenvalue weighted by molar-refractivity contribution is -0.138. The predicted molar refractivity (Wildman–Crippen MR) is 68.4 cm³/mol. The molecule has 7 heteroatoms. The number of nitrogens with zero attached hydrogens (tertiary/aromatic N) is 1. The van der Waals surface area contributed by atoms with Crippen molar-refractivity contribution < 1.29 is 18.3 Å². The van der Waals surface area contributed by atoms with Crippen LogP contribution in [-0.4, -0.2) is 41.9 Å². The van der Waals surface area contributed by atoms with E-state index in [1.165, 1.54) is 4.31 Å². The molecule has 1 aliphatic heterocycles. The van der Waals surface area contributed by atoms with Crippen molar-refractivity contribution in [2.24, 2.45) is 0 Å². The summed E-state index contributed by atoms with van der Waals surface area (Å²) in [4.78, 5) is 10.7. The Kier molecular flexibility index (Phi) is 4.74. The number of hydrogen-bond acceptors (Lipinski definition) is 3. The standard InChI is InChI=1S/C11H22N2O4S/c1-9-6-4-5-7-13(9)18(16,17)12-11(2,3)8-10(14)15/h9,12H,4-8H2,1-3H3,(H,14,15). The second-order valence-electron chi connectivity index (χ2n) is 5.52. The molecule has 1 aliphatic rings. The highest BCUT2D eigenvalue weighted by Crippen LogP contribution is 2.21. The highest BCUT2D eigenvalue weighted by atomic mass is 32.2. The maximum absolute atomic E-state index is 12.2. The average molecular weight is 278 g/mol. The third-order valence-corrected chi connectivity index (χ3v) is 5.02. The minimum absolute atomic E-state index is 0.0307. The van der Waals surface area contributed by atoms with Gasteiger partial charge in [0.25, 0.3) is 10.2 Å². The fourth-order valence-corrected chi connectivity index (χ4v) is 4.09. The van der Waals surface area contributed by atoms with Crippen molar-refractivity contribution in [3.63, 3.8) is 0 Å². The van der Waals surface area contributed by atoms with Gasteiger partial charge in [-0.1, -0.05) is 6.42 Å². The molecule has 1 atom stereocenters. The Morgan fingerprint density at radius 1 is 1.44 bits per heavy atom. The highest BCUT2D eigenvalue weighted by Gasteiger charge is 2.34. The van der Waals surface area contributed by atoms with E-state index in [4.69, 9.17) is 5.11 Å². The van der Waals surface area contributed by atoms with Gasteiger partial charge in [-0.25, -0.2) is 0 Å². The van der Waals surface area contributed by atoms with Gasteiger partial charge >= 0.3 is 5.97 Å². The Morgan fingerprint density at radius 2 is 2.06 bits per heavy atom. The average Bonchev–Trinajstić information content (AvgIpc) is 2.13. The predicted octanol–water partition coefficient (Wildman–Crippen LogP) is 0.948. The van der Waals surface area contributed by atoms with Crippen LogP contribution in [0.2, 0.25) is 0 Å². The molecular formula is C11H22N2O4S. The first-order valence-corrected chi connectivity index (χ1v) is 7.60. The molecule has 0 spiro atoms. The summed E-state index contributed by atoms with van der Waals surface area (Å²) in [7, 11) is -3.62. The molecule has 2 N–H and O–H groups in total. The van der Waals surface area contributed by atoms with Crippen LogP contribution in [0.4, 0.5) is 0 Å². The third-order valence-electron chi connectivity index (χ3n) is 3.05. The van der Waals surface area contributed by atoms with Gasteiger partial charge in [0.15, 0.2) is 0 Å². The maximum Gasteiger partial charge on any atom is 0.305 e. The summed E-state index contributed by atoms with van der Waals surface area (Å²) in [5.74, 6) is -1.02. The lowest BCUT2D eigenvalue weighted by Crippen LogP contribution is -2.54. The molecule has 1 heterocycles. The molecule has 0 bridgehead atoms. The molecule has 0 aromatic rings. The molecule has 6 nitrogen and oxygen atoms in total. The first kappa shape index (κ1) is 15.4. The summed E-state index contributed by atoms with van der Waals surface area (Å²) in [5, 5.41) is 8.76. The smallest absolute Gasteiger partial charge is 0.305 e. The largest absolute Gasteiger partial charge is 0.481 e. The number of carboxylic acid groups (broad SMARTS) is 1. The van der Waals surface area contributed by atoms with Gasteiger partial charge in [0.2, 0.25) is 0 Å². The van der Waals surface area contributed by atoms with Crippen molar-refractivity contribution in [2.45, 2.75) is 58.0 Å². The summed E-state index contributed by atoms with van der Waals surface area (Å²) in [6, 6.07) is -0.0307. The van der Waals surface area contributed by atoms with Gasteiger partial charge < -0.3 is 5.11 Å². The summed E-state index contributed by atoms with van der Waals surface area (Å²) in [5.41, 5.74) is -0.984. The minimum Gasteiger partial charge on any atom is -0.481 e. The molecule has 106 valence electrons. The van der Waals surface area contributed by atoms with Crippen LogP contribution < -0.4 is 4.72 Å². The molecule has 0 aromatic heterocycles. The molecule has 0 saturated carbocycles. The molecule has 0 radical (unpaired) electrons. The van der Waals surface area contributed by atoms with Crippen LogP contribution >= 0.6 is 0 Å². The number of piperidine rings is 1. The Bertz CT molecular complexity index is 405. The van der Waals surface area contributed by atoms with Crippen molar-refractivity contribution in [3.8, 4) is 0 Å². The van der Waals surface area contributed by atoms with E-state index < -0.39 is 21.7 Å². The summed E-state index contributed by atoms with van der Waals surface area (Å²) in [6.45, 7) is 5.53. The number of rotatable bonds is 5. The van der Waals surface area contributed by atoms with Gasteiger partial charge in [0, 0.05) is 18.1 Å². The van der Waals surface area contributed by atoms with E-state index in [1.54, 1.807) is 13.8 Å². The zero-order valence-electron chi connectivity index (χ0n) is 11.1. The quantitative estimate of drug-likeness (QED) is 0.784. The van der Waals surface area contributed by atoms with Crippen LogP contribution in [0.3, 0.4) is 0 Å². The van der Waals surface area contributed by atoms with Crippen LogP contribution in [0.1, 0.15) is 46.5 Å². The Balaban J connectivity index is 2.77. The van der Waals surface area contributed by atoms with Crippen LogP contribution in [0, 0.1) is 0 Å². The van der Waals surface area contributed by atoms with Crippen molar-refractivity contribution in [2.75, 3.05) is 6.54 Å². The van der Waals surface area contributed by atoms with Crippen LogP contribution in [-0.2, 0) is 15.0 Å². The number of aliphatic carboxylic acids is 1. The lowest BCUT2D eigenvalue weighted by atomic mass is 10.0. The summed E-state index contributed by atoms with van der Waals surface area (Å²) in [6.07, 6.45) is 2.49. The first-order chi connectivity index (χ1) is 8.14. The van der Waals surface area contributed by atoms with Gasteiger partial charge in [-0.05, 0) is 33.6 Å². The second kappa shape index (κ2) is 5.54. The van der Waals surface area contributed by atoms with Gasteiger partial charge in [-0.2, -0.15) is 17.4 Å². The van der Waals surface area contributed by atoms with Crippen LogP contribution in [0.15, 0.2) is 0 Å². The zero-order chi connectivity index (χ0) is 14.0. The molecule has 0 aromatic carbocycles. The fourth-order valence-electron chi connectivity index (χ4n) is 2.25. The molecular weight excluding hydrogens is 256 g/mol. The molecule has 1 rings (SSSR count). The van der Waals surface area contributed by atoms with Crippen molar-refractivity contribution in [1.82, 2.24) is 9.03 Å². The Morgan fingerprint density at radius 3 is 2.56 bits per heavy atom. The van der Waals surface area contributed by atoms with E-state index in [0.29, 0.717) is 6.54 Å². The van der Waals surface area contributed by atoms with Gasteiger partial charge in [-0.15, -0.1) is 0 Å². The zero-order valence-corrected chi connectivity index (χ0v) is 12.0. The monoisotopic (exact) mass is 278 g/mol. The molecule has 1 unspecified atom stereocenters. The molecule has 1 fully saturated rings. The van der Waals surface area contributed by atoms with E-state index in [-0.39, 0.29) is 12.5 Å². The van der Waals surface area contributed by atoms with Gasteiger partial charge in [-0.3, -0.25) is 4.79 Å². The molecule has 18 heavy (non-hydrogen) atoms. The normalized spacial score (nSPS) is 22.9. The SMILES string of the molecule is CC1CCCCN1S(=O)(=O)NC(C)(C)CC(=O)O. The Hall–Kier alpha value is -0.660. The molecule has 1 saturated heterocycles.